The summed E-state index contributed by atoms with van der Waals surface area (Å²) in [6.45, 7) is 2.02. The lowest BCUT2D eigenvalue weighted by molar-refractivity contribution is 0.102. The van der Waals surface area contributed by atoms with Crippen molar-refractivity contribution < 1.29 is 4.79 Å². The van der Waals surface area contributed by atoms with Gasteiger partial charge in [0.15, 0.2) is 0 Å². The van der Waals surface area contributed by atoms with E-state index in [-0.39, 0.29) is 22.4 Å². The molecule has 2 N–H and O–H groups in total. The summed E-state index contributed by atoms with van der Waals surface area (Å²) in [5.41, 5.74) is 1.43. The zero-order valence-corrected chi connectivity index (χ0v) is 11.5. The van der Waals surface area contributed by atoms with E-state index in [0.717, 1.165) is 18.5 Å². The first-order chi connectivity index (χ1) is 9.63. The molecule has 2 aromatic rings. The molecule has 0 aliphatic carbocycles. The largest absolute Gasteiger partial charge is 0.306 e. The minimum Gasteiger partial charge on any atom is -0.306 e. The van der Waals surface area contributed by atoms with Gasteiger partial charge in [-0.1, -0.05) is 24.9 Å². The molecule has 20 heavy (non-hydrogen) atoms. The van der Waals surface area contributed by atoms with Crippen LogP contribution in [0.2, 0.25) is 5.15 Å². The van der Waals surface area contributed by atoms with Gasteiger partial charge in [-0.2, -0.15) is 10.4 Å². The fourth-order valence-corrected chi connectivity index (χ4v) is 1.94. The number of nitrogens with one attached hydrogen (secondary N) is 2. The minimum atomic E-state index is -0.368. The van der Waals surface area contributed by atoms with Gasteiger partial charge in [0.1, 0.15) is 22.6 Å². The quantitative estimate of drug-likeness (QED) is 0.846. The van der Waals surface area contributed by atoms with Crippen LogP contribution in [0.5, 0.6) is 0 Å². The maximum absolute atomic E-state index is 12.1. The van der Waals surface area contributed by atoms with E-state index >= 15 is 0 Å². The zero-order valence-electron chi connectivity index (χ0n) is 10.8. The van der Waals surface area contributed by atoms with E-state index in [1.165, 1.54) is 12.3 Å². The lowest BCUT2D eigenvalue weighted by Gasteiger charge is -2.06. The third kappa shape index (κ3) is 3.13. The first-order valence-corrected chi connectivity index (χ1v) is 6.43. The topological polar surface area (TPSA) is 94.5 Å². The number of halogens is 1. The SMILES string of the molecule is CCCc1cc(C(=O)Nc2[nH]ncc2C#N)cc(Cl)n1. The lowest BCUT2D eigenvalue weighted by atomic mass is 10.1. The Balaban J connectivity index is 2.23. The highest BCUT2D eigenvalue weighted by atomic mass is 35.5. The predicted octanol–water partition coefficient (Wildman–Crippen LogP) is 2.53. The molecule has 0 radical (unpaired) electrons. The number of nitriles is 1. The molecule has 2 aromatic heterocycles. The number of aryl methyl sites for hydroxylation is 1. The zero-order chi connectivity index (χ0) is 14.5. The lowest BCUT2D eigenvalue weighted by Crippen LogP contribution is -2.14. The van der Waals surface area contributed by atoms with E-state index in [0.29, 0.717) is 5.56 Å². The number of anilines is 1. The number of carbonyl (C=O) groups excluding carboxylic acids is 1. The number of nitrogens with zero attached hydrogens (tertiary/aromatic N) is 3. The van der Waals surface area contributed by atoms with Crippen molar-refractivity contribution in [1.29, 1.82) is 5.26 Å². The first kappa shape index (κ1) is 14.0. The highest BCUT2D eigenvalue weighted by Crippen LogP contribution is 2.15. The smallest absolute Gasteiger partial charge is 0.257 e. The van der Waals surface area contributed by atoms with Gasteiger partial charge in [0, 0.05) is 11.3 Å². The van der Waals surface area contributed by atoms with Crippen molar-refractivity contribution in [2.45, 2.75) is 19.8 Å². The Morgan fingerprint density at radius 1 is 1.55 bits per heavy atom. The van der Waals surface area contributed by atoms with Crippen LogP contribution in [0.15, 0.2) is 18.3 Å². The Hall–Kier alpha value is -2.39. The Morgan fingerprint density at radius 2 is 2.35 bits per heavy atom. The van der Waals surface area contributed by atoms with E-state index < -0.39 is 0 Å². The minimum absolute atomic E-state index is 0.266. The number of hydrogen-bond acceptors (Lipinski definition) is 4. The average Bonchev–Trinajstić information content (AvgIpc) is 2.85. The molecule has 0 bridgehead atoms. The Kier molecular flexibility index (Phi) is 4.33. The first-order valence-electron chi connectivity index (χ1n) is 6.05. The van der Waals surface area contributed by atoms with Crippen LogP contribution < -0.4 is 5.32 Å². The predicted molar refractivity (Wildman–Crippen MR) is 74.5 cm³/mol. The third-order valence-electron chi connectivity index (χ3n) is 2.61. The van der Waals surface area contributed by atoms with E-state index in [2.05, 4.69) is 20.5 Å². The maximum atomic E-state index is 12.1. The van der Waals surface area contributed by atoms with Crippen LogP contribution in [0.25, 0.3) is 0 Å². The van der Waals surface area contributed by atoms with Crippen LogP contribution in [0.4, 0.5) is 5.82 Å². The standard InChI is InChI=1S/C13H12ClN5O/c1-2-3-10-4-8(5-11(14)17-10)13(20)18-12-9(6-15)7-16-19-12/h4-5,7H,2-3H2,1H3,(H2,16,18,19,20). The number of aromatic amines is 1. The average molecular weight is 290 g/mol. The summed E-state index contributed by atoms with van der Waals surface area (Å²) in [6, 6.07) is 5.10. The molecule has 0 aromatic carbocycles. The number of amides is 1. The van der Waals surface area contributed by atoms with Crippen molar-refractivity contribution in [1.82, 2.24) is 15.2 Å². The molecule has 0 saturated carbocycles. The van der Waals surface area contributed by atoms with Crippen molar-refractivity contribution in [2.75, 3.05) is 5.32 Å². The van der Waals surface area contributed by atoms with Gasteiger partial charge < -0.3 is 5.32 Å². The van der Waals surface area contributed by atoms with Crippen LogP contribution in [-0.2, 0) is 6.42 Å². The second-order valence-electron chi connectivity index (χ2n) is 4.14. The number of rotatable bonds is 4. The number of H-pyrrole nitrogens is 1. The summed E-state index contributed by atoms with van der Waals surface area (Å²) in [6.07, 6.45) is 3.00. The highest BCUT2D eigenvalue weighted by molar-refractivity contribution is 6.29. The summed E-state index contributed by atoms with van der Waals surface area (Å²) in [5.74, 6) is -0.102. The molecule has 0 saturated heterocycles. The Bertz CT molecular complexity index is 674. The van der Waals surface area contributed by atoms with Gasteiger partial charge in [-0.05, 0) is 18.6 Å². The van der Waals surface area contributed by atoms with Gasteiger partial charge in [0.05, 0.1) is 6.20 Å². The number of carbonyl (C=O) groups is 1. The second kappa shape index (κ2) is 6.17. The Labute approximate surface area is 120 Å². The molecule has 0 aliphatic heterocycles. The van der Waals surface area contributed by atoms with E-state index in [9.17, 15) is 4.79 Å². The van der Waals surface area contributed by atoms with E-state index in [4.69, 9.17) is 16.9 Å². The number of aromatic nitrogens is 3. The van der Waals surface area contributed by atoms with Crippen LogP contribution in [0.1, 0.15) is 35.0 Å². The summed E-state index contributed by atoms with van der Waals surface area (Å²) in [7, 11) is 0. The highest BCUT2D eigenvalue weighted by Gasteiger charge is 2.12. The van der Waals surface area contributed by atoms with Crippen LogP contribution in [-0.4, -0.2) is 21.1 Å². The molecule has 0 atom stereocenters. The molecule has 2 heterocycles. The maximum Gasteiger partial charge on any atom is 0.257 e. The molecule has 2 rings (SSSR count). The van der Waals surface area contributed by atoms with E-state index in [1.807, 2.05) is 13.0 Å². The van der Waals surface area contributed by atoms with Crippen LogP contribution in [0, 0.1) is 11.3 Å². The molecule has 0 spiro atoms. The van der Waals surface area contributed by atoms with Gasteiger partial charge in [-0.3, -0.25) is 9.89 Å². The van der Waals surface area contributed by atoms with Crippen molar-refractivity contribution in [3.63, 3.8) is 0 Å². The molecule has 7 heteroatoms. The summed E-state index contributed by atoms with van der Waals surface area (Å²) in [5, 5.41) is 18.0. The fourth-order valence-electron chi connectivity index (χ4n) is 1.72. The van der Waals surface area contributed by atoms with Gasteiger partial charge in [-0.15, -0.1) is 0 Å². The normalized spacial score (nSPS) is 10.1. The van der Waals surface area contributed by atoms with Gasteiger partial charge in [0.2, 0.25) is 0 Å². The van der Waals surface area contributed by atoms with Gasteiger partial charge >= 0.3 is 0 Å². The molecule has 6 nitrogen and oxygen atoms in total. The van der Waals surface area contributed by atoms with Crippen molar-refractivity contribution in [3.8, 4) is 6.07 Å². The molecular formula is C13H12ClN5O. The summed E-state index contributed by atoms with van der Waals surface area (Å²) >= 11 is 5.91. The summed E-state index contributed by atoms with van der Waals surface area (Å²) < 4.78 is 0. The monoisotopic (exact) mass is 289 g/mol. The summed E-state index contributed by atoms with van der Waals surface area (Å²) in [4.78, 5) is 16.3. The third-order valence-corrected chi connectivity index (χ3v) is 2.81. The van der Waals surface area contributed by atoms with Crippen LogP contribution >= 0.6 is 11.6 Å². The molecule has 0 aliphatic rings. The molecule has 102 valence electrons. The van der Waals surface area contributed by atoms with Crippen LogP contribution in [0.3, 0.4) is 0 Å². The molecule has 1 amide bonds. The van der Waals surface area contributed by atoms with Gasteiger partial charge in [0.25, 0.3) is 5.91 Å². The van der Waals surface area contributed by atoms with E-state index in [1.54, 1.807) is 6.07 Å². The van der Waals surface area contributed by atoms with Crippen molar-refractivity contribution >= 4 is 23.3 Å². The van der Waals surface area contributed by atoms with Crippen molar-refractivity contribution in [2.24, 2.45) is 0 Å². The molecule has 0 fully saturated rings. The molecular weight excluding hydrogens is 278 g/mol. The second-order valence-corrected chi connectivity index (χ2v) is 4.53. The van der Waals surface area contributed by atoms with Crippen molar-refractivity contribution in [3.05, 3.63) is 40.3 Å². The number of pyridine rings is 1. The number of hydrogen-bond donors (Lipinski definition) is 2. The van der Waals surface area contributed by atoms with Gasteiger partial charge in [-0.25, -0.2) is 4.98 Å². The molecule has 0 unspecified atom stereocenters. The Morgan fingerprint density at radius 3 is 3.05 bits per heavy atom. The fraction of sp³-hybridized carbons (Fsp3) is 0.231.